The minimum absolute atomic E-state index is 0.271. The van der Waals surface area contributed by atoms with Crippen LogP contribution in [0.15, 0.2) is 30.4 Å². The Morgan fingerprint density at radius 3 is 2.26 bits per heavy atom. The van der Waals surface area contributed by atoms with E-state index in [0.29, 0.717) is 11.6 Å². The number of benzene rings is 1. The van der Waals surface area contributed by atoms with Gasteiger partial charge in [-0.2, -0.15) is 13.2 Å². The zero-order valence-corrected chi connectivity index (χ0v) is 11.4. The summed E-state index contributed by atoms with van der Waals surface area (Å²) in [6.07, 6.45) is -4.71. The zero-order valence-electron chi connectivity index (χ0n) is 9.86. The highest BCUT2D eigenvalue weighted by Crippen LogP contribution is 2.67. The minimum atomic E-state index is -4.71. The van der Waals surface area contributed by atoms with Gasteiger partial charge in [0.15, 0.2) is 0 Å². The van der Waals surface area contributed by atoms with Crippen LogP contribution in [0, 0.1) is 11.7 Å². The molecule has 1 fully saturated rings. The lowest BCUT2D eigenvalue weighted by Crippen LogP contribution is -2.08. The molecule has 104 valence electrons. The molecule has 2 atom stereocenters. The Morgan fingerprint density at radius 2 is 1.89 bits per heavy atom. The molecule has 1 aliphatic rings. The molecule has 0 bridgehead atoms. The maximum Gasteiger partial charge on any atom is 0.419 e. The molecule has 0 heterocycles. The fourth-order valence-corrected chi connectivity index (χ4v) is 3.31. The fraction of sp³-hybridized carbons (Fsp3) is 0.385. The van der Waals surface area contributed by atoms with Gasteiger partial charge in [0.25, 0.3) is 0 Å². The largest absolute Gasteiger partial charge is 0.419 e. The van der Waals surface area contributed by atoms with Crippen LogP contribution in [0.1, 0.15) is 24.0 Å². The van der Waals surface area contributed by atoms with Crippen LogP contribution in [-0.4, -0.2) is 4.33 Å². The summed E-state index contributed by atoms with van der Waals surface area (Å²) in [5, 5.41) is 0. The SMILES string of the molecule is C=C(C)C1C(c2ccc(C(F)(F)F)c(F)c2)C1(Cl)Cl. The van der Waals surface area contributed by atoms with E-state index in [0.717, 1.165) is 11.6 Å². The second-order valence-electron chi connectivity index (χ2n) is 4.71. The van der Waals surface area contributed by atoms with Gasteiger partial charge in [-0.15, -0.1) is 23.2 Å². The van der Waals surface area contributed by atoms with E-state index in [1.54, 1.807) is 6.92 Å². The summed E-state index contributed by atoms with van der Waals surface area (Å²) in [5.41, 5.74) is -0.225. The van der Waals surface area contributed by atoms with Crippen LogP contribution in [0.2, 0.25) is 0 Å². The van der Waals surface area contributed by atoms with Crippen molar-refractivity contribution in [3.05, 3.63) is 47.3 Å². The van der Waals surface area contributed by atoms with Gasteiger partial charge in [0.05, 0.1) is 5.56 Å². The summed E-state index contributed by atoms with van der Waals surface area (Å²) in [6.45, 7) is 5.45. The Balaban J connectivity index is 2.35. The van der Waals surface area contributed by atoms with Crippen molar-refractivity contribution < 1.29 is 17.6 Å². The summed E-state index contributed by atoms with van der Waals surface area (Å²) >= 11 is 12.1. The van der Waals surface area contributed by atoms with E-state index in [-0.39, 0.29) is 5.92 Å². The normalized spacial score (nSPS) is 25.2. The summed E-state index contributed by atoms with van der Waals surface area (Å²) < 4.78 is 49.7. The molecule has 2 rings (SSSR count). The number of rotatable bonds is 2. The Bertz CT molecular complexity index is 534. The summed E-state index contributed by atoms with van der Waals surface area (Å²) in [4.78, 5) is 0. The second kappa shape index (κ2) is 4.38. The molecule has 1 aliphatic carbocycles. The first-order valence-electron chi connectivity index (χ1n) is 5.46. The van der Waals surface area contributed by atoms with Crippen LogP contribution in [0.4, 0.5) is 17.6 Å². The van der Waals surface area contributed by atoms with Crippen molar-refractivity contribution in [2.45, 2.75) is 23.4 Å². The molecule has 1 saturated carbocycles. The average molecular weight is 313 g/mol. The Kier molecular flexibility index (Phi) is 3.38. The number of halogens is 6. The highest BCUT2D eigenvalue weighted by atomic mass is 35.5. The summed E-state index contributed by atoms with van der Waals surface area (Å²) in [6, 6.07) is 2.76. The first-order chi connectivity index (χ1) is 8.56. The van der Waals surface area contributed by atoms with Crippen LogP contribution in [0.3, 0.4) is 0 Å². The van der Waals surface area contributed by atoms with Crippen LogP contribution < -0.4 is 0 Å². The maximum atomic E-state index is 13.5. The highest BCUT2D eigenvalue weighted by molar-refractivity contribution is 6.52. The number of allylic oxidation sites excluding steroid dienone is 1. The first-order valence-corrected chi connectivity index (χ1v) is 6.22. The molecule has 0 nitrogen and oxygen atoms in total. The molecule has 19 heavy (non-hydrogen) atoms. The Hall–Kier alpha value is -0.740. The predicted octanol–water partition coefficient (Wildman–Crippen LogP) is 5.31. The van der Waals surface area contributed by atoms with Crippen LogP contribution in [0.25, 0.3) is 0 Å². The Morgan fingerprint density at radius 1 is 1.32 bits per heavy atom. The number of alkyl halides is 5. The van der Waals surface area contributed by atoms with Gasteiger partial charge in [-0.05, 0) is 24.6 Å². The second-order valence-corrected chi connectivity index (χ2v) is 6.16. The van der Waals surface area contributed by atoms with E-state index in [1.807, 2.05) is 0 Å². The lowest BCUT2D eigenvalue weighted by atomic mass is 10.0. The average Bonchev–Trinajstić information content (AvgIpc) is 2.79. The van der Waals surface area contributed by atoms with Crippen LogP contribution in [-0.2, 0) is 6.18 Å². The Labute approximate surface area is 118 Å². The summed E-state index contributed by atoms with van der Waals surface area (Å²) in [7, 11) is 0. The van der Waals surface area contributed by atoms with Crippen molar-refractivity contribution >= 4 is 23.2 Å². The van der Waals surface area contributed by atoms with Gasteiger partial charge < -0.3 is 0 Å². The molecule has 0 aliphatic heterocycles. The van der Waals surface area contributed by atoms with E-state index < -0.39 is 27.8 Å². The topological polar surface area (TPSA) is 0 Å². The maximum absolute atomic E-state index is 13.5. The lowest BCUT2D eigenvalue weighted by molar-refractivity contribution is -0.140. The molecular weight excluding hydrogens is 303 g/mol. The van der Waals surface area contributed by atoms with Gasteiger partial charge in [0, 0.05) is 11.8 Å². The number of hydrogen-bond acceptors (Lipinski definition) is 0. The molecular formula is C13H10Cl2F4. The molecule has 2 unspecified atom stereocenters. The zero-order chi connectivity index (χ0) is 14.6. The molecule has 1 aromatic rings. The minimum Gasteiger partial charge on any atom is -0.206 e. The third-order valence-corrected chi connectivity index (χ3v) is 4.18. The van der Waals surface area contributed by atoms with Gasteiger partial charge in [-0.3, -0.25) is 0 Å². The van der Waals surface area contributed by atoms with Crippen molar-refractivity contribution in [2.24, 2.45) is 5.92 Å². The van der Waals surface area contributed by atoms with E-state index in [9.17, 15) is 17.6 Å². The van der Waals surface area contributed by atoms with Gasteiger partial charge in [0.1, 0.15) is 10.2 Å². The van der Waals surface area contributed by atoms with Crippen molar-refractivity contribution in [1.29, 1.82) is 0 Å². The van der Waals surface area contributed by atoms with Crippen molar-refractivity contribution in [3.8, 4) is 0 Å². The van der Waals surface area contributed by atoms with Crippen molar-refractivity contribution in [1.82, 2.24) is 0 Å². The third kappa shape index (κ3) is 2.48. The van der Waals surface area contributed by atoms with Crippen molar-refractivity contribution in [3.63, 3.8) is 0 Å². The van der Waals surface area contributed by atoms with Crippen LogP contribution in [0.5, 0.6) is 0 Å². The predicted molar refractivity (Wildman–Crippen MR) is 66.9 cm³/mol. The standard InChI is InChI=1S/C13H10Cl2F4/c1-6(2)10-11(12(10,14)15)7-3-4-8(9(16)5-7)13(17,18)19/h3-5,10-11H,1H2,2H3. The summed E-state index contributed by atoms with van der Waals surface area (Å²) in [5.74, 6) is -2.02. The first kappa shape index (κ1) is 14.7. The molecule has 0 aromatic heterocycles. The van der Waals surface area contributed by atoms with Crippen LogP contribution >= 0.6 is 23.2 Å². The van der Waals surface area contributed by atoms with Gasteiger partial charge >= 0.3 is 6.18 Å². The smallest absolute Gasteiger partial charge is 0.206 e. The highest BCUT2D eigenvalue weighted by Gasteiger charge is 2.64. The lowest BCUT2D eigenvalue weighted by Gasteiger charge is -2.09. The number of hydrogen-bond donors (Lipinski definition) is 0. The monoisotopic (exact) mass is 312 g/mol. The molecule has 0 N–H and O–H groups in total. The van der Waals surface area contributed by atoms with Gasteiger partial charge in [-0.1, -0.05) is 18.2 Å². The van der Waals surface area contributed by atoms with E-state index in [1.165, 1.54) is 6.07 Å². The molecule has 0 spiro atoms. The molecule has 0 amide bonds. The molecule has 6 heteroatoms. The van der Waals surface area contributed by atoms with Gasteiger partial charge in [-0.25, -0.2) is 4.39 Å². The van der Waals surface area contributed by atoms with Gasteiger partial charge in [0.2, 0.25) is 0 Å². The van der Waals surface area contributed by atoms with E-state index >= 15 is 0 Å². The van der Waals surface area contributed by atoms with Crippen molar-refractivity contribution in [2.75, 3.05) is 0 Å². The molecule has 0 radical (unpaired) electrons. The van der Waals surface area contributed by atoms with E-state index in [2.05, 4.69) is 6.58 Å². The quantitative estimate of drug-likeness (QED) is 0.394. The van der Waals surface area contributed by atoms with E-state index in [4.69, 9.17) is 23.2 Å². The molecule has 1 aromatic carbocycles. The molecule has 0 saturated heterocycles. The fourth-order valence-electron chi connectivity index (χ4n) is 2.31. The third-order valence-electron chi connectivity index (χ3n) is 3.24.